The van der Waals surface area contributed by atoms with E-state index < -0.39 is 23.5 Å². The first-order chi connectivity index (χ1) is 25.7. The molecule has 6 N–H and O–H groups in total. The fraction of sp³-hybridized carbons (Fsp3) is 0.474. The molecule has 2 aromatic carbocycles. The second-order valence-corrected chi connectivity index (χ2v) is 14.2. The van der Waals surface area contributed by atoms with Crippen LogP contribution in [0, 0.1) is 6.92 Å². The number of nitrogens with two attached hydrogens (primary N) is 2. The molecule has 2 atom stereocenters. The second-order valence-electron chi connectivity index (χ2n) is 14.2. The first kappa shape index (κ1) is 39.0. The molecule has 10 nitrogen and oxygen atoms in total. The smallest absolute Gasteiger partial charge is 0.398 e. The van der Waals surface area contributed by atoms with Crippen LogP contribution in [0.15, 0.2) is 48.5 Å². The molecule has 6 rings (SSSR count). The predicted molar refractivity (Wildman–Crippen MR) is 199 cm³/mol. The van der Waals surface area contributed by atoms with Gasteiger partial charge in [-0.05, 0) is 119 Å². The third-order valence-electron chi connectivity index (χ3n) is 10.2. The standard InChI is InChI=1S/C38H46F6N10/c1-3-53-14-5-9-28(21-53)48-36-24(18-33(49-52-36)29-12-10-25(19-31(29)45)37(39,40)41)7-4-15-54-16-6-8-27(22-54)47-34-17-23(2)35(51-50-34)30-13-11-26(20-32(30)46)38(42,43)44/h10-13,17-20,27-28H,3-9,14-16,21-22,45-46H2,1-2H3,(H,47,50)(H,48,52)/t27-,28-/m1/s1. The molecular formula is C38H46F6N10. The lowest BCUT2D eigenvalue weighted by molar-refractivity contribution is -0.138. The van der Waals surface area contributed by atoms with Gasteiger partial charge in [0, 0.05) is 47.7 Å². The minimum Gasteiger partial charge on any atom is -0.398 e. The molecule has 0 bridgehead atoms. The zero-order valence-corrected chi connectivity index (χ0v) is 30.4. The Hall–Kier alpha value is -4.70. The number of aromatic nitrogens is 4. The van der Waals surface area contributed by atoms with Gasteiger partial charge < -0.3 is 31.9 Å². The first-order valence-electron chi connectivity index (χ1n) is 18.3. The van der Waals surface area contributed by atoms with Crippen molar-refractivity contribution in [2.75, 3.05) is 61.4 Å². The highest BCUT2D eigenvalue weighted by Crippen LogP contribution is 2.36. The molecule has 4 heterocycles. The maximum absolute atomic E-state index is 13.3. The third-order valence-corrected chi connectivity index (χ3v) is 10.2. The van der Waals surface area contributed by atoms with E-state index in [0.29, 0.717) is 40.6 Å². The van der Waals surface area contributed by atoms with Crippen LogP contribution in [0.4, 0.5) is 49.4 Å². The molecule has 290 valence electrons. The average Bonchev–Trinajstić information content (AvgIpc) is 3.12. The molecule has 2 aliphatic heterocycles. The summed E-state index contributed by atoms with van der Waals surface area (Å²) in [4.78, 5) is 4.78. The van der Waals surface area contributed by atoms with Crippen LogP contribution in [0.5, 0.6) is 0 Å². The molecule has 0 saturated carbocycles. The maximum Gasteiger partial charge on any atom is 0.416 e. The molecule has 0 aliphatic carbocycles. The van der Waals surface area contributed by atoms with E-state index in [1.165, 1.54) is 12.1 Å². The van der Waals surface area contributed by atoms with Crippen molar-refractivity contribution in [1.29, 1.82) is 0 Å². The molecule has 2 aliphatic rings. The second kappa shape index (κ2) is 16.3. The van der Waals surface area contributed by atoms with E-state index in [1.54, 1.807) is 0 Å². The zero-order valence-electron chi connectivity index (χ0n) is 30.4. The highest BCUT2D eigenvalue weighted by Gasteiger charge is 2.32. The fourth-order valence-electron chi connectivity index (χ4n) is 7.36. The molecule has 2 saturated heterocycles. The molecule has 4 aromatic rings. The normalized spacial score (nSPS) is 18.8. The Morgan fingerprint density at radius 2 is 1.35 bits per heavy atom. The summed E-state index contributed by atoms with van der Waals surface area (Å²) in [6.45, 7) is 9.38. The molecule has 0 radical (unpaired) electrons. The van der Waals surface area contributed by atoms with Crippen LogP contribution in [0.25, 0.3) is 22.5 Å². The number of halogens is 6. The summed E-state index contributed by atoms with van der Waals surface area (Å²) >= 11 is 0. The Morgan fingerprint density at radius 3 is 1.96 bits per heavy atom. The van der Waals surface area contributed by atoms with Crippen LogP contribution in [-0.4, -0.2) is 81.5 Å². The highest BCUT2D eigenvalue weighted by molar-refractivity contribution is 5.77. The first-order valence-corrected chi connectivity index (χ1v) is 18.3. The van der Waals surface area contributed by atoms with Crippen LogP contribution >= 0.6 is 0 Å². The van der Waals surface area contributed by atoms with Crippen molar-refractivity contribution in [2.45, 2.75) is 76.8 Å². The van der Waals surface area contributed by atoms with Crippen LogP contribution in [0.3, 0.4) is 0 Å². The number of likely N-dealkylation sites (N-methyl/N-ethyl adjacent to an activating group) is 1. The Labute approximate surface area is 310 Å². The number of alkyl halides is 6. The van der Waals surface area contributed by atoms with Crippen molar-refractivity contribution in [2.24, 2.45) is 0 Å². The van der Waals surface area contributed by atoms with Crippen molar-refractivity contribution in [3.63, 3.8) is 0 Å². The van der Waals surface area contributed by atoms with E-state index in [9.17, 15) is 26.3 Å². The molecule has 0 unspecified atom stereocenters. The molecule has 0 spiro atoms. The Kier molecular flexibility index (Phi) is 11.8. The van der Waals surface area contributed by atoms with Gasteiger partial charge in [-0.15, -0.1) is 20.4 Å². The summed E-state index contributed by atoms with van der Waals surface area (Å²) in [5.74, 6) is 1.26. The number of likely N-dealkylation sites (tertiary alicyclic amines) is 2. The Morgan fingerprint density at radius 1 is 0.741 bits per heavy atom. The molecule has 54 heavy (non-hydrogen) atoms. The average molecular weight is 757 g/mol. The van der Waals surface area contributed by atoms with E-state index in [4.69, 9.17) is 11.5 Å². The van der Waals surface area contributed by atoms with Crippen LogP contribution in [0.2, 0.25) is 0 Å². The fourth-order valence-corrected chi connectivity index (χ4v) is 7.36. The van der Waals surface area contributed by atoms with Gasteiger partial charge in [0.05, 0.1) is 22.5 Å². The topological polar surface area (TPSA) is 134 Å². The Bertz CT molecular complexity index is 1920. The van der Waals surface area contributed by atoms with Gasteiger partial charge in [0.2, 0.25) is 0 Å². The van der Waals surface area contributed by atoms with Gasteiger partial charge in [-0.3, -0.25) is 0 Å². The van der Waals surface area contributed by atoms with Crippen molar-refractivity contribution >= 4 is 23.0 Å². The lowest BCUT2D eigenvalue weighted by Crippen LogP contribution is -2.42. The lowest BCUT2D eigenvalue weighted by Gasteiger charge is -2.33. The van der Waals surface area contributed by atoms with Gasteiger partial charge in [0.15, 0.2) is 5.82 Å². The third kappa shape index (κ3) is 9.50. The van der Waals surface area contributed by atoms with Gasteiger partial charge >= 0.3 is 12.4 Å². The van der Waals surface area contributed by atoms with Crippen LogP contribution in [0.1, 0.15) is 61.3 Å². The molecule has 2 fully saturated rings. The minimum absolute atomic E-state index is 0.0123. The number of rotatable bonds is 11. The van der Waals surface area contributed by atoms with E-state index in [0.717, 1.165) is 107 Å². The number of hydrogen-bond donors (Lipinski definition) is 4. The van der Waals surface area contributed by atoms with Gasteiger partial charge in [-0.1, -0.05) is 19.1 Å². The van der Waals surface area contributed by atoms with Crippen molar-refractivity contribution in [1.82, 2.24) is 30.2 Å². The Balaban J connectivity index is 1.11. The summed E-state index contributed by atoms with van der Waals surface area (Å²) in [6.07, 6.45) is -3.54. The number of hydrogen-bond acceptors (Lipinski definition) is 10. The zero-order chi connectivity index (χ0) is 38.6. The number of piperidine rings is 2. The highest BCUT2D eigenvalue weighted by atomic mass is 19.4. The van der Waals surface area contributed by atoms with E-state index >= 15 is 0 Å². The lowest BCUT2D eigenvalue weighted by atomic mass is 10.0. The van der Waals surface area contributed by atoms with E-state index in [1.807, 2.05) is 19.1 Å². The number of benzene rings is 2. The van der Waals surface area contributed by atoms with Crippen molar-refractivity contribution in [3.8, 4) is 22.5 Å². The molecular weight excluding hydrogens is 710 g/mol. The van der Waals surface area contributed by atoms with Crippen LogP contribution < -0.4 is 22.1 Å². The molecule has 0 amide bonds. The van der Waals surface area contributed by atoms with Crippen molar-refractivity contribution in [3.05, 3.63) is 70.8 Å². The summed E-state index contributed by atoms with van der Waals surface area (Å²) in [7, 11) is 0. The number of nitrogens with one attached hydrogen (secondary N) is 2. The van der Waals surface area contributed by atoms with Gasteiger partial charge in [-0.2, -0.15) is 26.3 Å². The van der Waals surface area contributed by atoms with E-state index in [2.05, 4.69) is 47.8 Å². The summed E-state index contributed by atoms with van der Waals surface area (Å²) in [5, 5.41) is 24.7. The van der Waals surface area contributed by atoms with Gasteiger partial charge in [0.1, 0.15) is 5.82 Å². The number of aryl methyl sites for hydroxylation is 2. The monoisotopic (exact) mass is 756 g/mol. The summed E-state index contributed by atoms with van der Waals surface area (Å²) < 4.78 is 79.4. The molecule has 16 heteroatoms. The molecule has 2 aromatic heterocycles. The van der Waals surface area contributed by atoms with Gasteiger partial charge in [0.25, 0.3) is 0 Å². The van der Waals surface area contributed by atoms with Gasteiger partial charge in [-0.25, -0.2) is 0 Å². The van der Waals surface area contributed by atoms with Crippen molar-refractivity contribution < 1.29 is 26.3 Å². The number of nitrogen functional groups attached to an aromatic ring is 2. The summed E-state index contributed by atoms with van der Waals surface area (Å²) in [5.41, 5.74) is 13.7. The van der Waals surface area contributed by atoms with E-state index in [-0.39, 0.29) is 23.5 Å². The SMILES string of the molecule is CCN1CCC[C@@H](Nc2nnc(-c3ccc(C(F)(F)F)cc3N)cc2CCCN2CCC[C@@H](Nc3cc(C)c(-c4ccc(C(F)(F)F)cc4N)nn3)C2)C1. The predicted octanol–water partition coefficient (Wildman–Crippen LogP) is 7.52. The number of anilines is 4. The summed E-state index contributed by atoms with van der Waals surface area (Å²) in [6, 6.07) is 10.5. The largest absolute Gasteiger partial charge is 0.416 e. The number of nitrogens with zero attached hydrogens (tertiary/aromatic N) is 6. The maximum atomic E-state index is 13.3. The quantitative estimate of drug-likeness (QED) is 0.0900. The van der Waals surface area contributed by atoms with Crippen LogP contribution in [-0.2, 0) is 18.8 Å². The minimum atomic E-state index is -4.50.